The SMILES string of the molecule is Cc1nc(C)c(C(C)C(=O)O)c(=O)[nH]1. The highest BCUT2D eigenvalue weighted by Gasteiger charge is 2.20. The molecule has 1 aromatic heterocycles. The fourth-order valence-electron chi connectivity index (χ4n) is 1.37. The molecule has 0 amide bonds. The summed E-state index contributed by atoms with van der Waals surface area (Å²) >= 11 is 0. The molecule has 14 heavy (non-hydrogen) atoms. The van der Waals surface area contributed by atoms with Crippen LogP contribution in [0.1, 0.15) is 29.9 Å². The molecule has 0 aliphatic heterocycles. The van der Waals surface area contributed by atoms with Crippen molar-refractivity contribution in [3.8, 4) is 0 Å². The van der Waals surface area contributed by atoms with Gasteiger partial charge in [-0.15, -0.1) is 0 Å². The summed E-state index contributed by atoms with van der Waals surface area (Å²) < 4.78 is 0. The van der Waals surface area contributed by atoms with Crippen LogP contribution in [0.3, 0.4) is 0 Å². The lowest BCUT2D eigenvalue weighted by Crippen LogP contribution is -2.23. The van der Waals surface area contributed by atoms with Gasteiger partial charge in [-0.3, -0.25) is 9.59 Å². The summed E-state index contributed by atoms with van der Waals surface area (Å²) in [6, 6.07) is 0. The molecule has 0 fully saturated rings. The van der Waals surface area contributed by atoms with Crippen molar-refractivity contribution in [3.63, 3.8) is 0 Å². The van der Waals surface area contributed by atoms with E-state index >= 15 is 0 Å². The van der Waals surface area contributed by atoms with E-state index in [0.29, 0.717) is 11.5 Å². The maximum Gasteiger partial charge on any atom is 0.310 e. The average molecular weight is 196 g/mol. The number of aryl methyl sites for hydroxylation is 2. The minimum absolute atomic E-state index is 0.225. The number of aromatic amines is 1. The number of aromatic nitrogens is 2. The molecule has 5 nitrogen and oxygen atoms in total. The first kappa shape index (κ1) is 10.4. The molecule has 0 bridgehead atoms. The molecule has 0 aliphatic carbocycles. The average Bonchev–Trinajstić information content (AvgIpc) is 2.01. The van der Waals surface area contributed by atoms with Crippen molar-refractivity contribution in [2.24, 2.45) is 0 Å². The van der Waals surface area contributed by atoms with Gasteiger partial charge in [-0.1, -0.05) is 0 Å². The van der Waals surface area contributed by atoms with Crippen molar-refractivity contribution in [2.75, 3.05) is 0 Å². The Kier molecular flexibility index (Phi) is 2.69. The van der Waals surface area contributed by atoms with E-state index in [1.807, 2.05) is 0 Å². The van der Waals surface area contributed by atoms with Crippen molar-refractivity contribution in [1.82, 2.24) is 9.97 Å². The van der Waals surface area contributed by atoms with Gasteiger partial charge >= 0.3 is 5.97 Å². The normalized spacial score (nSPS) is 12.5. The fraction of sp³-hybridized carbons (Fsp3) is 0.444. The van der Waals surface area contributed by atoms with E-state index in [9.17, 15) is 9.59 Å². The lowest BCUT2D eigenvalue weighted by molar-refractivity contribution is -0.138. The van der Waals surface area contributed by atoms with Crippen LogP contribution in [0.25, 0.3) is 0 Å². The van der Waals surface area contributed by atoms with Crippen LogP contribution in [0.4, 0.5) is 0 Å². The summed E-state index contributed by atoms with van der Waals surface area (Å²) in [4.78, 5) is 28.7. The molecule has 5 heteroatoms. The van der Waals surface area contributed by atoms with Gasteiger partial charge in [-0.2, -0.15) is 0 Å². The maximum atomic E-state index is 11.4. The van der Waals surface area contributed by atoms with Crippen LogP contribution < -0.4 is 5.56 Å². The molecule has 1 atom stereocenters. The fourth-order valence-corrected chi connectivity index (χ4v) is 1.37. The zero-order valence-corrected chi connectivity index (χ0v) is 8.29. The minimum atomic E-state index is -1.02. The molecule has 0 spiro atoms. The molecule has 0 radical (unpaired) electrons. The number of hydrogen-bond acceptors (Lipinski definition) is 3. The second kappa shape index (κ2) is 3.61. The minimum Gasteiger partial charge on any atom is -0.481 e. The van der Waals surface area contributed by atoms with Gasteiger partial charge < -0.3 is 10.1 Å². The lowest BCUT2D eigenvalue weighted by Gasteiger charge is -2.08. The van der Waals surface area contributed by atoms with Crippen LogP contribution in [0, 0.1) is 13.8 Å². The van der Waals surface area contributed by atoms with Gasteiger partial charge in [0.15, 0.2) is 0 Å². The third-order valence-electron chi connectivity index (χ3n) is 2.07. The maximum absolute atomic E-state index is 11.4. The Morgan fingerprint density at radius 1 is 1.50 bits per heavy atom. The third-order valence-corrected chi connectivity index (χ3v) is 2.07. The van der Waals surface area contributed by atoms with Gasteiger partial charge in [0.2, 0.25) is 0 Å². The third kappa shape index (κ3) is 1.81. The van der Waals surface area contributed by atoms with Crippen molar-refractivity contribution in [2.45, 2.75) is 26.7 Å². The smallest absolute Gasteiger partial charge is 0.310 e. The topological polar surface area (TPSA) is 83.0 Å². The molecule has 0 saturated carbocycles. The molecule has 0 saturated heterocycles. The molecule has 1 aromatic rings. The van der Waals surface area contributed by atoms with Gasteiger partial charge in [0.1, 0.15) is 5.82 Å². The summed E-state index contributed by atoms with van der Waals surface area (Å²) in [6.45, 7) is 4.76. The Morgan fingerprint density at radius 3 is 2.50 bits per heavy atom. The number of H-pyrrole nitrogens is 1. The highest BCUT2D eigenvalue weighted by atomic mass is 16.4. The molecular weight excluding hydrogens is 184 g/mol. The van der Waals surface area contributed by atoms with E-state index in [1.54, 1.807) is 13.8 Å². The Bertz CT molecular complexity index is 423. The number of nitrogens with one attached hydrogen (secondary N) is 1. The lowest BCUT2D eigenvalue weighted by atomic mass is 10.0. The second-order valence-corrected chi connectivity index (χ2v) is 3.21. The Morgan fingerprint density at radius 2 is 2.07 bits per heavy atom. The van der Waals surface area contributed by atoms with Crippen LogP contribution in [-0.4, -0.2) is 21.0 Å². The molecule has 2 N–H and O–H groups in total. The highest BCUT2D eigenvalue weighted by Crippen LogP contribution is 2.13. The zero-order valence-electron chi connectivity index (χ0n) is 8.29. The Hall–Kier alpha value is -1.65. The number of carboxylic acid groups (broad SMARTS) is 1. The van der Waals surface area contributed by atoms with Gasteiger partial charge in [0.25, 0.3) is 5.56 Å². The number of hydrogen-bond donors (Lipinski definition) is 2. The first-order chi connectivity index (χ1) is 6.43. The van der Waals surface area contributed by atoms with Gasteiger partial charge in [-0.25, -0.2) is 4.98 Å². The molecule has 1 unspecified atom stereocenters. The van der Waals surface area contributed by atoms with Crippen LogP contribution in [0.5, 0.6) is 0 Å². The molecule has 76 valence electrons. The summed E-state index contributed by atoms with van der Waals surface area (Å²) in [5.74, 6) is -1.36. The number of nitrogens with zero attached hydrogens (tertiary/aromatic N) is 1. The first-order valence-electron chi connectivity index (χ1n) is 4.23. The predicted octanol–water partition coefficient (Wildman–Crippen LogP) is 0.575. The van der Waals surface area contributed by atoms with Crippen molar-refractivity contribution < 1.29 is 9.90 Å². The van der Waals surface area contributed by atoms with Crippen molar-refractivity contribution in [3.05, 3.63) is 27.4 Å². The molecule has 0 aliphatic rings. The molecule has 0 aromatic carbocycles. The van der Waals surface area contributed by atoms with E-state index in [-0.39, 0.29) is 11.1 Å². The number of aliphatic carboxylic acids is 1. The quantitative estimate of drug-likeness (QED) is 0.724. The second-order valence-electron chi connectivity index (χ2n) is 3.21. The summed E-state index contributed by atoms with van der Waals surface area (Å²) in [6.07, 6.45) is 0. The van der Waals surface area contributed by atoms with Gasteiger partial charge in [0, 0.05) is 5.69 Å². The number of carboxylic acids is 1. The summed E-state index contributed by atoms with van der Waals surface area (Å²) in [5.41, 5.74) is 0.328. The molecular formula is C9H12N2O3. The van der Waals surface area contributed by atoms with E-state index in [4.69, 9.17) is 5.11 Å². The van der Waals surface area contributed by atoms with E-state index in [2.05, 4.69) is 9.97 Å². The Labute approximate surface area is 80.8 Å². The van der Waals surface area contributed by atoms with Crippen molar-refractivity contribution >= 4 is 5.97 Å². The van der Waals surface area contributed by atoms with Gasteiger partial charge in [0.05, 0.1) is 11.5 Å². The predicted molar refractivity (Wildman–Crippen MR) is 50.4 cm³/mol. The van der Waals surface area contributed by atoms with E-state index in [1.165, 1.54) is 6.92 Å². The first-order valence-corrected chi connectivity index (χ1v) is 4.23. The van der Waals surface area contributed by atoms with Gasteiger partial charge in [-0.05, 0) is 20.8 Å². The van der Waals surface area contributed by atoms with Crippen LogP contribution in [-0.2, 0) is 4.79 Å². The van der Waals surface area contributed by atoms with Crippen LogP contribution in [0.15, 0.2) is 4.79 Å². The summed E-state index contributed by atoms with van der Waals surface area (Å²) in [7, 11) is 0. The number of carbonyl (C=O) groups is 1. The van der Waals surface area contributed by atoms with E-state index < -0.39 is 11.9 Å². The standard InChI is InChI=1S/C9H12N2O3/c1-4(9(13)14)7-5(2)10-6(3)11-8(7)12/h4H,1-3H3,(H,13,14)(H,10,11,12). The van der Waals surface area contributed by atoms with Crippen LogP contribution >= 0.6 is 0 Å². The zero-order chi connectivity index (χ0) is 10.9. The molecule has 1 rings (SSSR count). The van der Waals surface area contributed by atoms with Crippen LogP contribution in [0.2, 0.25) is 0 Å². The molecule has 1 heterocycles. The monoisotopic (exact) mass is 196 g/mol. The highest BCUT2D eigenvalue weighted by molar-refractivity contribution is 5.75. The van der Waals surface area contributed by atoms with Crippen molar-refractivity contribution in [1.29, 1.82) is 0 Å². The largest absolute Gasteiger partial charge is 0.481 e. The number of rotatable bonds is 2. The van der Waals surface area contributed by atoms with E-state index in [0.717, 1.165) is 0 Å². The Balaban J connectivity index is 3.35. The summed E-state index contributed by atoms with van der Waals surface area (Å²) in [5, 5.41) is 8.77.